The number of thioether (sulfide) groups is 1. The van der Waals surface area contributed by atoms with Crippen LogP contribution in [0.5, 0.6) is 0 Å². The molecule has 9 nitrogen and oxygen atoms in total. The van der Waals surface area contributed by atoms with Crippen molar-refractivity contribution in [2.45, 2.75) is 10.9 Å². The largest absolute Gasteiger partial charge is 0.453 e. The van der Waals surface area contributed by atoms with E-state index in [1.54, 1.807) is 12.1 Å². The molecule has 10 heteroatoms. The average molecular weight is 350 g/mol. The van der Waals surface area contributed by atoms with E-state index in [0.717, 1.165) is 5.56 Å². The van der Waals surface area contributed by atoms with Gasteiger partial charge in [-0.25, -0.2) is 5.10 Å². The van der Waals surface area contributed by atoms with Gasteiger partial charge in [0, 0.05) is 5.56 Å². The number of H-pyrrole nitrogens is 2. The van der Waals surface area contributed by atoms with Crippen LogP contribution in [0.4, 0.5) is 0 Å². The molecule has 4 rings (SSSR count). The van der Waals surface area contributed by atoms with Crippen molar-refractivity contribution in [3.05, 3.63) is 47.8 Å². The summed E-state index contributed by atoms with van der Waals surface area (Å²) in [5.41, 5.74) is 1.49. The highest BCUT2D eigenvalue weighted by molar-refractivity contribution is 7.98. The van der Waals surface area contributed by atoms with Crippen molar-refractivity contribution in [3.8, 4) is 29.0 Å². The van der Waals surface area contributed by atoms with Crippen molar-refractivity contribution in [2.75, 3.05) is 0 Å². The predicted molar refractivity (Wildman–Crippen MR) is 88.0 cm³/mol. The third-order valence-corrected chi connectivity index (χ3v) is 4.21. The highest BCUT2D eigenvalue weighted by Crippen LogP contribution is 2.28. The monoisotopic (exact) mass is 350 g/mol. The number of aromatic nitrogens is 7. The van der Waals surface area contributed by atoms with Crippen molar-refractivity contribution in [1.29, 1.82) is 5.26 Å². The second-order valence-electron chi connectivity index (χ2n) is 4.97. The van der Waals surface area contributed by atoms with E-state index in [0.29, 0.717) is 39.6 Å². The number of hydrogen-bond acceptors (Lipinski definition) is 8. The molecule has 0 spiro atoms. The Morgan fingerprint density at radius 2 is 1.88 bits per heavy atom. The van der Waals surface area contributed by atoms with Crippen LogP contribution < -0.4 is 0 Å². The molecule has 0 aliphatic heterocycles. The minimum atomic E-state index is 0.540. The molecule has 0 bridgehead atoms. The van der Waals surface area contributed by atoms with Crippen molar-refractivity contribution < 1.29 is 4.42 Å². The number of furan rings is 1. The zero-order valence-corrected chi connectivity index (χ0v) is 13.5. The molecule has 4 aromatic rings. The Kier molecular flexibility index (Phi) is 3.97. The first-order chi connectivity index (χ1) is 12.3. The maximum Gasteiger partial charge on any atom is 0.197 e. The number of nitrogens with zero attached hydrogens (tertiary/aromatic N) is 6. The minimum Gasteiger partial charge on any atom is -0.453 e. The third-order valence-electron chi connectivity index (χ3n) is 3.34. The highest BCUT2D eigenvalue weighted by Gasteiger charge is 2.12. The zero-order valence-electron chi connectivity index (χ0n) is 12.7. The van der Waals surface area contributed by atoms with Crippen LogP contribution >= 0.6 is 11.8 Å². The summed E-state index contributed by atoms with van der Waals surface area (Å²) in [4.78, 5) is 3.10. The van der Waals surface area contributed by atoms with Gasteiger partial charge in [0.2, 0.25) is 0 Å². The van der Waals surface area contributed by atoms with E-state index in [1.807, 2.05) is 24.3 Å². The molecule has 3 aromatic heterocycles. The quantitative estimate of drug-likeness (QED) is 0.524. The molecule has 0 aliphatic rings. The molecule has 0 radical (unpaired) electrons. The van der Waals surface area contributed by atoms with Crippen LogP contribution in [-0.4, -0.2) is 35.8 Å². The first-order valence-electron chi connectivity index (χ1n) is 7.20. The lowest BCUT2D eigenvalue weighted by Gasteiger charge is -1.96. The molecule has 1 aromatic carbocycles. The van der Waals surface area contributed by atoms with Crippen LogP contribution in [0, 0.1) is 11.3 Å². The highest BCUT2D eigenvalue weighted by atomic mass is 32.2. The number of nitriles is 1. The van der Waals surface area contributed by atoms with Crippen LogP contribution in [0.2, 0.25) is 0 Å². The van der Waals surface area contributed by atoms with E-state index < -0.39 is 0 Å². The predicted octanol–water partition coefficient (Wildman–Crippen LogP) is 2.41. The summed E-state index contributed by atoms with van der Waals surface area (Å²) in [5.74, 6) is 3.02. The van der Waals surface area contributed by atoms with Crippen LogP contribution in [0.1, 0.15) is 11.4 Å². The Bertz CT molecular complexity index is 1010. The summed E-state index contributed by atoms with van der Waals surface area (Å²) < 4.78 is 5.83. The Balaban J connectivity index is 1.49. The van der Waals surface area contributed by atoms with Crippen molar-refractivity contribution in [2.24, 2.45) is 0 Å². The van der Waals surface area contributed by atoms with E-state index in [-0.39, 0.29) is 0 Å². The van der Waals surface area contributed by atoms with Gasteiger partial charge in [0.1, 0.15) is 5.76 Å². The molecular weight excluding hydrogens is 340 g/mol. The fraction of sp³-hybridized carbons (Fsp3) is 0.0667. The van der Waals surface area contributed by atoms with E-state index >= 15 is 0 Å². The van der Waals surface area contributed by atoms with Crippen molar-refractivity contribution >= 4 is 11.8 Å². The first kappa shape index (κ1) is 15.1. The van der Waals surface area contributed by atoms with Crippen LogP contribution in [0.3, 0.4) is 0 Å². The molecule has 0 unspecified atom stereocenters. The number of tetrazole rings is 1. The van der Waals surface area contributed by atoms with Crippen LogP contribution in [-0.2, 0) is 5.75 Å². The van der Waals surface area contributed by atoms with Gasteiger partial charge in [-0.15, -0.1) is 15.3 Å². The third kappa shape index (κ3) is 3.26. The number of hydrogen-bond donors (Lipinski definition) is 2. The smallest absolute Gasteiger partial charge is 0.197 e. The maximum absolute atomic E-state index is 8.85. The summed E-state index contributed by atoms with van der Waals surface area (Å²) in [6.07, 6.45) is 0. The van der Waals surface area contributed by atoms with Crippen LogP contribution in [0.15, 0.2) is 46.0 Å². The van der Waals surface area contributed by atoms with Crippen LogP contribution in [0.25, 0.3) is 22.9 Å². The molecule has 0 saturated heterocycles. The maximum atomic E-state index is 8.85. The molecule has 0 aliphatic carbocycles. The van der Waals surface area contributed by atoms with Gasteiger partial charge >= 0.3 is 0 Å². The van der Waals surface area contributed by atoms with E-state index in [9.17, 15) is 0 Å². The van der Waals surface area contributed by atoms with Crippen molar-refractivity contribution in [3.63, 3.8) is 0 Å². The second-order valence-corrected chi connectivity index (χ2v) is 5.93. The molecule has 25 heavy (non-hydrogen) atoms. The van der Waals surface area contributed by atoms with Gasteiger partial charge in [-0.1, -0.05) is 11.8 Å². The first-order valence-corrected chi connectivity index (χ1v) is 8.19. The van der Waals surface area contributed by atoms with E-state index in [1.165, 1.54) is 11.8 Å². The molecule has 0 fully saturated rings. The zero-order chi connectivity index (χ0) is 17.1. The molecule has 122 valence electrons. The lowest BCUT2D eigenvalue weighted by atomic mass is 10.1. The fourth-order valence-corrected chi connectivity index (χ4v) is 2.79. The summed E-state index contributed by atoms with van der Waals surface area (Å²) in [5, 5.41) is 31.2. The summed E-state index contributed by atoms with van der Waals surface area (Å²) in [7, 11) is 0. The number of benzene rings is 1. The summed E-state index contributed by atoms with van der Waals surface area (Å²) in [6, 6.07) is 12.9. The molecule has 3 heterocycles. The standard InChI is InChI=1S/C15H10N8OS/c16-7-9-1-3-10(4-2-9)11-5-6-12(24-11)14-17-15(21-20-14)25-8-13-18-22-23-19-13/h1-6H,8H2,(H,17,20,21)(H,18,19,22,23). The topological polar surface area (TPSA) is 133 Å². The average Bonchev–Trinajstić information content (AvgIpc) is 3.41. The van der Waals surface area contributed by atoms with E-state index in [4.69, 9.17) is 9.68 Å². The van der Waals surface area contributed by atoms with E-state index in [2.05, 4.69) is 41.9 Å². The second kappa shape index (κ2) is 6.58. The van der Waals surface area contributed by atoms with Crippen molar-refractivity contribution in [1.82, 2.24) is 35.8 Å². The summed E-state index contributed by atoms with van der Waals surface area (Å²) >= 11 is 1.43. The molecular formula is C15H10N8OS. The normalized spacial score (nSPS) is 10.7. The Morgan fingerprint density at radius 1 is 1.04 bits per heavy atom. The lowest BCUT2D eigenvalue weighted by Crippen LogP contribution is -1.85. The van der Waals surface area contributed by atoms with Gasteiger partial charge in [-0.3, -0.25) is 0 Å². The molecule has 2 N–H and O–H groups in total. The van der Waals surface area contributed by atoms with Gasteiger partial charge in [0.15, 0.2) is 22.6 Å². The molecule has 0 saturated carbocycles. The van der Waals surface area contributed by atoms with Gasteiger partial charge in [-0.05, 0) is 46.8 Å². The number of nitrogens with one attached hydrogen (secondary N) is 2. The minimum absolute atomic E-state index is 0.540. The number of aromatic amines is 2. The Morgan fingerprint density at radius 3 is 2.64 bits per heavy atom. The molecule has 0 atom stereocenters. The lowest BCUT2D eigenvalue weighted by molar-refractivity contribution is 0.592. The van der Waals surface area contributed by atoms with Gasteiger partial charge < -0.3 is 9.40 Å². The Hall–Kier alpha value is -3.45. The number of rotatable bonds is 5. The SMILES string of the molecule is N#Cc1ccc(-c2ccc(-c3nnc(SCc4nnn[nH]4)[nH]3)o2)cc1. The van der Waals surface area contributed by atoms with Gasteiger partial charge in [0.05, 0.1) is 17.4 Å². The molecule has 0 amide bonds. The van der Waals surface area contributed by atoms with Gasteiger partial charge in [-0.2, -0.15) is 5.26 Å². The Labute approximate surface area is 145 Å². The van der Waals surface area contributed by atoms with Gasteiger partial charge in [0.25, 0.3) is 0 Å². The fourth-order valence-electron chi connectivity index (χ4n) is 2.13. The summed E-state index contributed by atoms with van der Waals surface area (Å²) in [6.45, 7) is 0.